The number of imidazole rings is 1. The molecule has 2 heterocycles. The van der Waals surface area contributed by atoms with Gasteiger partial charge in [-0.3, -0.25) is 4.79 Å². The number of aryl methyl sites for hydroxylation is 1. The Morgan fingerprint density at radius 1 is 1.29 bits per heavy atom. The maximum Gasteiger partial charge on any atom is 0.224 e. The average Bonchev–Trinajstić information content (AvgIpc) is 3.16. The van der Waals surface area contributed by atoms with Crippen LogP contribution in [-0.4, -0.2) is 66.2 Å². The number of hydrogen-bond donors (Lipinski definition) is 3. The first kappa shape index (κ1) is 21.2. The third-order valence-corrected chi connectivity index (χ3v) is 5.89. The molecule has 1 unspecified atom stereocenters. The molecule has 1 aromatic heterocycles. The molecule has 164 valence electrons. The number of rotatable bonds is 6. The number of piperidine rings is 1. The third kappa shape index (κ3) is 4.82. The second-order valence-electron chi connectivity index (χ2n) is 8.69. The van der Waals surface area contributed by atoms with E-state index in [0.717, 1.165) is 48.2 Å². The number of carbonyl (C=O) groups excluding carboxylic acids is 1. The van der Waals surface area contributed by atoms with Gasteiger partial charge in [-0.2, -0.15) is 0 Å². The summed E-state index contributed by atoms with van der Waals surface area (Å²) in [7, 11) is 4.00. The van der Waals surface area contributed by atoms with Crippen LogP contribution in [0.3, 0.4) is 0 Å². The Bertz CT molecular complexity index is 1080. The molecular weight excluding hydrogens is 390 g/mol. The van der Waals surface area contributed by atoms with E-state index in [1.54, 1.807) is 6.07 Å². The summed E-state index contributed by atoms with van der Waals surface area (Å²) in [4.78, 5) is 24.9. The number of carbonyl (C=O) groups is 1. The van der Waals surface area contributed by atoms with Crippen molar-refractivity contribution in [2.45, 2.75) is 19.8 Å². The van der Waals surface area contributed by atoms with Crippen molar-refractivity contribution in [3.8, 4) is 17.1 Å². The van der Waals surface area contributed by atoms with Crippen molar-refractivity contribution in [2.24, 2.45) is 5.92 Å². The Hall–Kier alpha value is -3.06. The Labute approximate surface area is 183 Å². The van der Waals surface area contributed by atoms with Gasteiger partial charge >= 0.3 is 0 Å². The summed E-state index contributed by atoms with van der Waals surface area (Å²) < 4.78 is 0. The molecule has 3 aromatic rings. The van der Waals surface area contributed by atoms with Crippen LogP contribution in [0.4, 0.5) is 5.69 Å². The lowest BCUT2D eigenvalue weighted by Crippen LogP contribution is -2.44. The lowest BCUT2D eigenvalue weighted by atomic mass is 9.96. The van der Waals surface area contributed by atoms with Gasteiger partial charge in [0.15, 0.2) is 0 Å². The maximum absolute atomic E-state index is 12.6. The number of benzene rings is 2. The van der Waals surface area contributed by atoms with Crippen molar-refractivity contribution in [1.82, 2.24) is 20.2 Å². The van der Waals surface area contributed by atoms with Crippen molar-refractivity contribution in [2.75, 3.05) is 45.2 Å². The van der Waals surface area contributed by atoms with E-state index in [1.807, 2.05) is 45.3 Å². The molecular formula is C24H31N5O2. The van der Waals surface area contributed by atoms with E-state index in [2.05, 4.69) is 31.2 Å². The van der Waals surface area contributed by atoms with Gasteiger partial charge in [0.2, 0.25) is 5.91 Å². The molecule has 0 aliphatic carbocycles. The molecule has 7 heteroatoms. The van der Waals surface area contributed by atoms with E-state index in [0.29, 0.717) is 24.5 Å². The van der Waals surface area contributed by atoms with Crippen LogP contribution < -0.4 is 10.2 Å². The molecule has 4 rings (SSSR count). The molecule has 2 aromatic carbocycles. The summed E-state index contributed by atoms with van der Waals surface area (Å²) in [6.07, 6.45) is 1.87. The molecule has 1 amide bonds. The minimum Gasteiger partial charge on any atom is -0.507 e. The topological polar surface area (TPSA) is 84.5 Å². The first-order valence-electron chi connectivity index (χ1n) is 10.9. The molecule has 1 aliphatic rings. The number of anilines is 1. The zero-order valence-electron chi connectivity index (χ0n) is 18.5. The van der Waals surface area contributed by atoms with Gasteiger partial charge in [-0.15, -0.1) is 0 Å². The predicted molar refractivity (Wildman–Crippen MR) is 124 cm³/mol. The van der Waals surface area contributed by atoms with Gasteiger partial charge in [0.25, 0.3) is 0 Å². The third-order valence-electron chi connectivity index (χ3n) is 5.89. The summed E-state index contributed by atoms with van der Waals surface area (Å²) >= 11 is 0. The number of phenols is 1. The van der Waals surface area contributed by atoms with Crippen LogP contribution in [0.15, 0.2) is 36.4 Å². The highest BCUT2D eigenvalue weighted by molar-refractivity contribution is 5.82. The molecule has 0 bridgehead atoms. The number of nitrogens with zero attached hydrogens (tertiary/aromatic N) is 3. The molecule has 0 spiro atoms. The van der Waals surface area contributed by atoms with Gasteiger partial charge < -0.3 is 25.2 Å². The van der Waals surface area contributed by atoms with E-state index >= 15 is 0 Å². The number of hydrogen-bond acceptors (Lipinski definition) is 5. The van der Waals surface area contributed by atoms with E-state index in [1.165, 1.54) is 0 Å². The van der Waals surface area contributed by atoms with E-state index in [-0.39, 0.29) is 17.6 Å². The standard InChI is InChI=1S/C24H31N5O2/c1-16-6-8-20-21(13-16)27-23(26-20)19-14-18(7-9-22(19)30)29-11-4-5-17(15-29)24(31)25-10-12-28(2)3/h6-9,13-14,17,30H,4-5,10-12,15H2,1-3H3,(H,25,31)(H,26,27). The highest BCUT2D eigenvalue weighted by atomic mass is 16.3. The summed E-state index contributed by atoms with van der Waals surface area (Å²) in [6.45, 7) is 5.11. The number of likely N-dealkylation sites (N-methyl/N-ethyl adjacent to an activating group) is 1. The van der Waals surface area contributed by atoms with Crippen molar-refractivity contribution in [3.63, 3.8) is 0 Å². The number of H-pyrrole nitrogens is 1. The van der Waals surface area contributed by atoms with Gasteiger partial charge in [-0.05, 0) is 69.8 Å². The number of aromatic nitrogens is 2. The Balaban J connectivity index is 1.52. The van der Waals surface area contributed by atoms with Gasteiger partial charge in [-0.1, -0.05) is 6.07 Å². The van der Waals surface area contributed by atoms with Gasteiger partial charge in [0.1, 0.15) is 11.6 Å². The first-order valence-corrected chi connectivity index (χ1v) is 10.9. The van der Waals surface area contributed by atoms with Gasteiger partial charge in [0, 0.05) is 31.9 Å². The maximum atomic E-state index is 12.6. The fraction of sp³-hybridized carbons (Fsp3) is 0.417. The second-order valence-corrected chi connectivity index (χ2v) is 8.69. The van der Waals surface area contributed by atoms with Gasteiger partial charge in [-0.25, -0.2) is 4.98 Å². The Morgan fingerprint density at radius 2 is 2.13 bits per heavy atom. The summed E-state index contributed by atoms with van der Waals surface area (Å²) in [6, 6.07) is 11.7. The summed E-state index contributed by atoms with van der Waals surface area (Å²) in [5.74, 6) is 0.935. The minimum absolute atomic E-state index is 0.0256. The highest BCUT2D eigenvalue weighted by Crippen LogP contribution is 2.34. The molecule has 1 fully saturated rings. The lowest BCUT2D eigenvalue weighted by Gasteiger charge is -2.34. The van der Waals surface area contributed by atoms with Crippen LogP contribution in [0.2, 0.25) is 0 Å². The number of fused-ring (bicyclic) bond motifs is 1. The zero-order chi connectivity index (χ0) is 22.0. The fourth-order valence-corrected chi connectivity index (χ4v) is 4.13. The Morgan fingerprint density at radius 3 is 2.94 bits per heavy atom. The fourth-order valence-electron chi connectivity index (χ4n) is 4.13. The molecule has 1 atom stereocenters. The van der Waals surface area contributed by atoms with Crippen LogP contribution in [0.5, 0.6) is 5.75 Å². The smallest absolute Gasteiger partial charge is 0.224 e. The molecule has 3 N–H and O–H groups in total. The van der Waals surface area contributed by atoms with Crippen molar-refractivity contribution >= 4 is 22.6 Å². The molecule has 7 nitrogen and oxygen atoms in total. The van der Waals surface area contributed by atoms with E-state index in [4.69, 9.17) is 0 Å². The van der Waals surface area contributed by atoms with Crippen LogP contribution in [-0.2, 0) is 4.79 Å². The van der Waals surface area contributed by atoms with Crippen LogP contribution in [0.1, 0.15) is 18.4 Å². The lowest BCUT2D eigenvalue weighted by molar-refractivity contribution is -0.125. The number of amides is 1. The first-order chi connectivity index (χ1) is 14.9. The molecule has 31 heavy (non-hydrogen) atoms. The van der Waals surface area contributed by atoms with Crippen LogP contribution >= 0.6 is 0 Å². The largest absolute Gasteiger partial charge is 0.507 e. The molecule has 1 saturated heterocycles. The van der Waals surface area contributed by atoms with Crippen LogP contribution in [0, 0.1) is 12.8 Å². The average molecular weight is 422 g/mol. The molecule has 0 radical (unpaired) electrons. The number of aromatic amines is 1. The summed E-state index contributed by atoms with van der Waals surface area (Å²) in [5, 5.41) is 13.6. The van der Waals surface area contributed by atoms with Crippen LogP contribution in [0.25, 0.3) is 22.4 Å². The normalized spacial score (nSPS) is 16.8. The van der Waals surface area contributed by atoms with Crippen molar-refractivity contribution < 1.29 is 9.90 Å². The van der Waals surface area contributed by atoms with E-state index in [9.17, 15) is 9.90 Å². The zero-order valence-corrected chi connectivity index (χ0v) is 18.5. The SMILES string of the molecule is Cc1ccc2nc(-c3cc(N4CCCC(C(=O)NCCN(C)C)C4)ccc3O)[nH]c2c1. The minimum atomic E-state index is -0.0256. The van der Waals surface area contributed by atoms with E-state index < -0.39 is 0 Å². The molecule has 0 saturated carbocycles. The van der Waals surface area contributed by atoms with Gasteiger partial charge in [0.05, 0.1) is 22.5 Å². The summed E-state index contributed by atoms with van der Waals surface area (Å²) in [5.41, 5.74) is 4.65. The Kier molecular flexibility index (Phi) is 6.13. The predicted octanol–water partition coefficient (Wildman–Crippen LogP) is 3.14. The van der Waals surface area contributed by atoms with Crippen molar-refractivity contribution in [1.29, 1.82) is 0 Å². The van der Waals surface area contributed by atoms with Crippen molar-refractivity contribution in [3.05, 3.63) is 42.0 Å². The number of phenolic OH excluding ortho intramolecular Hbond substituents is 1. The number of aromatic hydroxyl groups is 1. The molecule has 1 aliphatic heterocycles. The highest BCUT2D eigenvalue weighted by Gasteiger charge is 2.26. The quantitative estimate of drug-likeness (QED) is 0.569. The monoisotopic (exact) mass is 421 g/mol. The number of nitrogens with one attached hydrogen (secondary N) is 2. The second kappa shape index (κ2) is 8.98.